The number of carbonyl (C=O) groups is 1. The second kappa shape index (κ2) is 11.0. The van der Waals surface area contributed by atoms with Gasteiger partial charge in [-0.2, -0.15) is 5.10 Å². The van der Waals surface area contributed by atoms with Crippen molar-refractivity contribution in [3.8, 4) is 5.69 Å². The van der Waals surface area contributed by atoms with E-state index >= 15 is 0 Å². The lowest BCUT2D eigenvalue weighted by Gasteiger charge is -2.12. The Kier molecular flexibility index (Phi) is 6.83. The first-order valence-electron chi connectivity index (χ1n) is 14.2. The number of nitrogens with one attached hydrogen (secondary N) is 4. The minimum atomic E-state index is -0.147. The summed E-state index contributed by atoms with van der Waals surface area (Å²) in [7, 11) is 3.61. The van der Waals surface area contributed by atoms with Gasteiger partial charge in [-0.25, -0.2) is 9.67 Å². The fourth-order valence-electron chi connectivity index (χ4n) is 5.35. The van der Waals surface area contributed by atoms with Gasteiger partial charge in [0.05, 0.1) is 34.0 Å². The third-order valence-electron chi connectivity index (χ3n) is 7.67. The summed E-state index contributed by atoms with van der Waals surface area (Å²) < 4.78 is 3.73. The molecule has 0 spiro atoms. The number of benzene rings is 3. The van der Waals surface area contributed by atoms with E-state index in [9.17, 15) is 4.79 Å². The summed E-state index contributed by atoms with van der Waals surface area (Å²) in [6, 6.07) is 23.9. The van der Waals surface area contributed by atoms with Crippen LogP contribution in [0.3, 0.4) is 0 Å². The van der Waals surface area contributed by atoms with Gasteiger partial charge in [-0.1, -0.05) is 30.3 Å². The van der Waals surface area contributed by atoms with E-state index in [1.54, 1.807) is 24.1 Å². The minimum absolute atomic E-state index is 0.147. The number of aromatic amines is 1. The van der Waals surface area contributed by atoms with Gasteiger partial charge in [0, 0.05) is 48.3 Å². The highest BCUT2D eigenvalue weighted by molar-refractivity contribution is 7.98. The largest absolute Gasteiger partial charge is 0.393 e. The van der Waals surface area contributed by atoms with Crippen LogP contribution in [0.25, 0.3) is 33.2 Å². The highest BCUT2D eigenvalue weighted by Gasteiger charge is 2.27. The molecule has 3 heterocycles. The van der Waals surface area contributed by atoms with Crippen LogP contribution in [0.4, 0.5) is 5.82 Å². The number of hydrogen-bond donors (Lipinski definition) is 4. The highest BCUT2D eigenvalue weighted by Crippen LogP contribution is 2.39. The number of H-pyrrole nitrogens is 1. The Hall–Kier alpha value is -5.09. The van der Waals surface area contributed by atoms with Gasteiger partial charge in [0.1, 0.15) is 17.3 Å². The Morgan fingerprint density at radius 1 is 1.07 bits per heavy atom. The molecule has 3 aromatic heterocycles. The summed E-state index contributed by atoms with van der Waals surface area (Å²) in [5.74, 6) is 2.03. The van der Waals surface area contributed by atoms with Gasteiger partial charge < -0.3 is 21.0 Å². The van der Waals surface area contributed by atoms with Crippen LogP contribution >= 0.6 is 11.9 Å². The van der Waals surface area contributed by atoms with Crippen molar-refractivity contribution < 1.29 is 4.79 Å². The normalized spacial score (nSPS) is 13.5. The molecular weight excluding hydrogens is 556 g/mol. The lowest BCUT2D eigenvalue weighted by molar-refractivity contribution is 0.103. The second-order valence-corrected chi connectivity index (χ2v) is 11.5. The van der Waals surface area contributed by atoms with E-state index in [0.29, 0.717) is 23.0 Å². The van der Waals surface area contributed by atoms with E-state index in [4.69, 9.17) is 10.4 Å². The Bertz CT molecular complexity index is 2030. The number of carbonyl (C=O) groups excluding carboxylic acids is 1. The van der Waals surface area contributed by atoms with Crippen molar-refractivity contribution in [3.05, 3.63) is 108 Å². The lowest BCUT2D eigenvalue weighted by atomic mass is 10.1. The Morgan fingerprint density at radius 2 is 1.91 bits per heavy atom. The molecule has 6 aromatic rings. The first-order valence-corrected chi connectivity index (χ1v) is 14.9. The van der Waals surface area contributed by atoms with Crippen LogP contribution in [0.1, 0.15) is 46.2 Å². The van der Waals surface area contributed by atoms with Crippen molar-refractivity contribution in [1.29, 1.82) is 5.41 Å². The number of nitrogens with zero attached hydrogens (tertiary/aromatic N) is 4. The number of ketones is 1. The molecule has 1 aliphatic carbocycles. The summed E-state index contributed by atoms with van der Waals surface area (Å²) in [4.78, 5) is 23.6. The SMILES string of the molecule is CN/C=C(\C=N)c1ccc2cc(C(=O)c3cnn(-c4ccc5[nH]c(C6CC6)nc5c4)c3NC)n(Sc3ccccc3)c2c1. The average molecular weight is 587 g/mol. The molecule has 9 nitrogen and oxygen atoms in total. The van der Waals surface area contributed by atoms with Crippen molar-refractivity contribution in [2.24, 2.45) is 0 Å². The summed E-state index contributed by atoms with van der Waals surface area (Å²) in [5, 5.41) is 19.7. The molecule has 3 aromatic carbocycles. The molecule has 1 saturated carbocycles. The van der Waals surface area contributed by atoms with Crippen molar-refractivity contribution in [2.75, 3.05) is 19.4 Å². The van der Waals surface area contributed by atoms with Crippen molar-refractivity contribution in [2.45, 2.75) is 23.7 Å². The number of fused-ring (bicyclic) bond motifs is 2. The van der Waals surface area contributed by atoms with Gasteiger partial charge in [0.2, 0.25) is 5.78 Å². The van der Waals surface area contributed by atoms with Crippen LogP contribution in [0.5, 0.6) is 0 Å². The van der Waals surface area contributed by atoms with E-state index < -0.39 is 0 Å². The molecule has 0 saturated heterocycles. The molecule has 0 aliphatic heterocycles. The molecule has 7 rings (SSSR count). The van der Waals surface area contributed by atoms with Crippen LogP contribution in [0.15, 0.2) is 90.1 Å². The predicted molar refractivity (Wildman–Crippen MR) is 174 cm³/mol. The zero-order valence-corrected chi connectivity index (χ0v) is 24.6. The van der Waals surface area contributed by atoms with E-state index in [-0.39, 0.29) is 5.78 Å². The number of rotatable bonds is 10. The highest BCUT2D eigenvalue weighted by atomic mass is 32.2. The minimum Gasteiger partial charge on any atom is -0.393 e. The van der Waals surface area contributed by atoms with Crippen molar-refractivity contribution in [3.63, 3.8) is 0 Å². The van der Waals surface area contributed by atoms with Gasteiger partial charge in [0.25, 0.3) is 0 Å². The van der Waals surface area contributed by atoms with Gasteiger partial charge in [-0.3, -0.25) is 8.77 Å². The predicted octanol–water partition coefficient (Wildman–Crippen LogP) is 6.62. The van der Waals surface area contributed by atoms with Gasteiger partial charge >= 0.3 is 0 Å². The maximum Gasteiger partial charge on any atom is 0.215 e. The first-order chi connectivity index (χ1) is 21.1. The standard InChI is InChI=1S/C33H30N8OS/c1-35-18-23(17-34)21-10-11-22-15-30(41(29(22)14-21)43-25-6-4-3-5-7-25)31(42)26-19-37-40(33(26)36-2)24-12-13-27-28(16-24)39-32(38-27)20-8-9-20/h3-7,10-20,34-36H,8-9H2,1-2H3,(H,38,39)/b23-18+,34-17?. The molecule has 10 heteroatoms. The molecule has 0 atom stereocenters. The fraction of sp³-hybridized carbons (Fsp3) is 0.152. The number of hydrogen-bond acceptors (Lipinski definition) is 7. The first kappa shape index (κ1) is 26.8. The number of aromatic nitrogens is 5. The van der Waals surface area contributed by atoms with Crippen LogP contribution in [0.2, 0.25) is 0 Å². The summed E-state index contributed by atoms with van der Waals surface area (Å²) in [5.41, 5.74) is 6.21. The van der Waals surface area contributed by atoms with E-state index in [0.717, 1.165) is 49.5 Å². The van der Waals surface area contributed by atoms with Gasteiger partial charge in [-0.05, 0) is 72.8 Å². The maximum atomic E-state index is 14.3. The molecule has 214 valence electrons. The molecular formula is C33H30N8OS. The zero-order chi connectivity index (χ0) is 29.5. The van der Waals surface area contributed by atoms with Crippen LogP contribution in [-0.4, -0.2) is 49.8 Å². The Balaban J connectivity index is 1.32. The summed E-state index contributed by atoms with van der Waals surface area (Å²) >= 11 is 1.49. The molecule has 0 bridgehead atoms. The molecule has 1 aliphatic rings. The molecule has 4 N–H and O–H groups in total. The molecule has 1 fully saturated rings. The van der Waals surface area contributed by atoms with Crippen LogP contribution in [0, 0.1) is 5.41 Å². The Morgan fingerprint density at radius 3 is 2.65 bits per heavy atom. The lowest BCUT2D eigenvalue weighted by Crippen LogP contribution is -2.10. The van der Waals surface area contributed by atoms with E-state index in [1.165, 1.54) is 31.0 Å². The Labute approximate surface area is 252 Å². The average Bonchev–Trinajstić information content (AvgIpc) is 3.50. The van der Waals surface area contributed by atoms with Crippen LogP contribution in [-0.2, 0) is 0 Å². The maximum absolute atomic E-state index is 14.3. The number of imidazole rings is 1. The molecule has 0 radical (unpaired) electrons. The van der Waals surface area contributed by atoms with E-state index in [2.05, 4.69) is 20.7 Å². The summed E-state index contributed by atoms with van der Waals surface area (Å²) in [6.07, 6.45) is 7.10. The van der Waals surface area contributed by atoms with Crippen molar-refractivity contribution in [1.82, 2.24) is 29.0 Å². The zero-order valence-electron chi connectivity index (χ0n) is 23.8. The number of allylic oxidation sites excluding steroid dienone is 1. The van der Waals surface area contributed by atoms with Gasteiger partial charge in [-0.15, -0.1) is 0 Å². The smallest absolute Gasteiger partial charge is 0.215 e. The molecule has 0 amide bonds. The molecule has 43 heavy (non-hydrogen) atoms. The fourth-order valence-corrected chi connectivity index (χ4v) is 6.33. The third kappa shape index (κ3) is 4.89. The molecule has 0 unspecified atom stereocenters. The van der Waals surface area contributed by atoms with Crippen LogP contribution < -0.4 is 10.6 Å². The van der Waals surface area contributed by atoms with Crippen molar-refractivity contribution >= 4 is 57.3 Å². The van der Waals surface area contributed by atoms with E-state index in [1.807, 2.05) is 83.8 Å². The monoisotopic (exact) mass is 586 g/mol. The van der Waals surface area contributed by atoms with Gasteiger partial charge in [0.15, 0.2) is 0 Å². The third-order valence-corrected chi connectivity index (χ3v) is 8.72. The number of anilines is 1. The quantitative estimate of drug-likeness (QED) is 0.106. The topological polar surface area (TPSA) is 116 Å². The summed E-state index contributed by atoms with van der Waals surface area (Å²) in [6.45, 7) is 0. The second-order valence-electron chi connectivity index (χ2n) is 10.5.